The molecule has 216 valence electrons. The molecule has 10 heteroatoms. The predicted molar refractivity (Wildman–Crippen MR) is 148 cm³/mol. The first-order chi connectivity index (χ1) is 19.5. The van der Waals surface area contributed by atoms with Gasteiger partial charge >= 0.3 is 0 Å². The van der Waals surface area contributed by atoms with E-state index in [9.17, 15) is 33.4 Å². The van der Waals surface area contributed by atoms with Crippen molar-refractivity contribution in [3.8, 4) is 5.75 Å². The van der Waals surface area contributed by atoms with Gasteiger partial charge in [0, 0.05) is 29.8 Å². The van der Waals surface area contributed by atoms with Crippen LogP contribution in [0.2, 0.25) is 0 Å². The highest BCUT2D eigenvalue weighted by molar-refractivity contribution is 5.97. The lowest BCUT2D eigenvalue weighted by Crippen LogP contribution is -2.55. The van der Waals surface area contributed by atoms with Gasteiger partial charge in [-0.15, -0.1) is 0 Å². The summed E-state index contributed by atoms with van der Waals surface area (Å²) < 4.78 is 27.6. The summed E-state index contributed by atoms with van der Waals surface area (Å²) in [5.74, 6) is -3.31. The summed E-state index contributed by atoms with van der Waals surface area (Å²) in [6.07, 6.45) is -1.26. The molecule has 3 aromatic carbocycles. The minimum atomic E-state index is -1.70. The molecule has 1 saturated heterocycles. The zero-order valence-corrected chi connectivity index (χ0v) is 22.8. The molecule has 0 aliphatic carbocycles. The van der Waals surface area contributed by atoms with Crippen molar-refractivity contribution in [2.24, 2.45) is 5.92 Å². The van der Waals surface area contributed by atoms with E-state index in [-0.39, 0.29) is 42.3 Å². The lowest BCUT2D eigenvalue weighted by atomic mass is 9.98. The Kier molecular flexibility index (Phi) is 9.34. The van der Waals surface area contributed by atoms with E-state index in [1.807, 2.05) is 13.0 Å². The third-order valence-electron chi connectivity index (χ3n) is 7.36. The van der Waals surface area contributed by atoms with Gasteiger partial charge in [-0.1, -0.05) is 43.3 Å². The fraction of sp³-hybridized carbons (Fsp3) is 0.323. The van der Waals surface area contributed by atoms with Crippen LogP contribution in [0.15, 0.2) is 66.7 Å². The molecule has 1 aliphatic heterocycles. The van der Waals surface area contributed by atoms with Crippen LogP contribution < -0.4 is 10.6 Å². The smallest absolute Gasteiger partial charge is 0.254 e. The van der Waals surface area contributed by atoms with Crippen molar-refractivity contribution in [3.63, 3.8) is 0 Å². The number of carbonyl (C=O) groups excluding carboxylic acids is 3. The maximum Gasteiger partial charge on any atom is 0.254 e. The molecular weight excluding hydrogens is 532 g/mol. The number of nitrogens with zero attached hydrogens (tertiary/aromatic N) is 1. The second kappa shape index (κ2) is 12.9. The zero-order valence-electron chi connectivity index (χ0n) is 22.8. The molecule has 4 N–H and O–H groups in total. The van der Waals surface area contributed by atoms with E-state index in [0.29, 0.717) is 12.0 Å². The number of hydrogen-bond donors (Lipinski definition) is 4. The lowest BCUT2D eigenvalue weighted by molar-refractivity contribution is -0.146. The molecule has 8 nitrogen and oxygen atoms in total. The molecule has 1 fully saturated rings. The third kappa shape index (κ3) is 7.07. The van der Waals surface area contributed by atoms with Crippen LogP contribution in [0.25, 0.3) is 0 Å². The van der Waals surface area contributed by atoms with Gasteiger partial charge in [-0.05, 0) is 61.6 Å². The highest BCUT2D eigenvalue weighted by atomic mass is 19.1. The Morgan fingerprint density at radius 2 is 1.78 bits per heavy atom. The molecule has 1 aliphatic rings. The number of aliphatic hydroxyl groups excluding tert-OH is 1. The maximum absolute atomic E-state index is 14.0. The van der Waals surface area contributed by atoms with E-state index in [1.165, 1.54) is 23.1 Å². The van der Waals surface area contributed by atoms with Gasteiger partial charge in [0.15, 0.2) is 6.10 Å². The number of nitrogens with one attached hydrogen (secondary N) is 2. The number of benzene rings is 3. The van der Waals surface area contributed by atoms with Crippen LogP contribution in [-0.2, 0) is 22.6 Å². The van der Waals surface area contributed by atoms with Crippen LogP contribution in [0.4, 0.5) is 8.78 Å². The molecule has 4 rings (SSSR count). The summed E-state index contributed by atoms with van der Waals surface area (Å²) in [5.41, 5.74) is 1.28. The molecule has 0 spiro atoms. The number of aliphatic hydroxyl groups is 1. The van der Waals surface area contributed by atoms with Crippen molar-refractivity contribution >= 4 is 17.7 Å². The van der Waals surface area contributed by atoms with Crippen molar-refractivity contribution in [1.82, 2.24) is 15.5 Å². The molecule has 0 saturated carbocycles. The van der Waals surface area contributed by atoms with Crippen molar-refractivity contribution in [2.75, 3.05) is 6.54 Å². The first kappa shape index (κ1) is 29.7. The lowest BCUT2D eigenvalue weighted by Gasteiger charge is -2.30. The van der Waals surface area contributed by atoms with Crippen molar-refractivity contribution < 1.29 is 33.4 Å². The average molecular weight is 566 g/mol. The van der Waals surface area contributed by atoms with Crippen LogP contribution in [0.1, 0.15) is 40.4 Å². The number of rotatable bonds is 9. The molecule has 3 amide bonds. The highest BCUT2D eigenvalue weighted by Gasteiger charge is 2.42. The van der Waals surface area contributed by atoms with Crippen LogP contribution in [0.5, 0.6) is 5.75 Å². The number of halogens is 2. The van der Waals surface area contributed by atoms with Gasteiger partial charge in [-0.25, -0.2) is 8.78 Å². The van der Waals surface area contributed by atoms with Crippen LogP contribution in [0.3, 0.4) is 0 Å². The third-order valence-corrected chi connectivity index (χ3v) is 7.36. The van der Waals surface area contributed by atoms with E-state index >= 15 is 0 Å². The number of carbonyl (C=O) groups is 3. The largest absolute Gasteiger partial charge is 0.508 e. The van der Waals surface area contributed by atoms with Gasteiger partial charge < -0.3 is 25.7 Å². The second-order valence-electron chi connectivity index (χ2n) is 10.5. The standard InChI is InChI=1S/C31H33F2N3O5/c1-18-13-26(30(40)34-16-21-15-22(32)11-12-24(21)33)36(17-18)31(41)28(38)25(14-20-7-4-3-5-8-20)35-29(39)23-9-6-10-27(37)19(23)2/h3-12,15,18,25-26,28,37-38H,13-14,16-17H2,1-2H3,(H,34,40)(H,35,39)/t18-,25-,26-,28?/m0/s1. The Balaban J connectivity index is 1.53. The number of aromatic hydroxyl groups is 1. The molecule has 1 heterocycles. The summed E-state index contributed by atoms with van der Waals surface area (Å²) in [7, 11) is 0. The van der Waals surface area contributed by atoms with Crippen LogP contribution >= 0.6 is 0 Å². The first-order valence-corrected chi connectivity index (χ1v) is 13.4. The molecule has 4 atom stereocenters. The van der Waals surface area contributed by atoms with E-state index in [1.54, 1.807) is 31.2 Å². The van der Waals surface area contributed by atoms with Gasteiger partial charge in [0.2, 0.25) is 5.91 Å². The fourth-order valence-corrected chi connectivity index (χ4v) is 5.08. The monoisotopic (exact) mass is 565 g/mol. The van der Waals surface area contributed by atoms with Gasteiger partial charge in [-0.2, -0.15) is 0 Å². The summed E-state index contributed by atoms with van der Waals surface area (Å²) in [6, 6.07) is 14.5. The predicted octanol–water partition coefficient (Wildman–Crippen LogP) is 3.23. The molecule has 1 unspecified atom stereocenters. The van der Waals surface area contributed by atoms with Gasteiger partial charge in [0.1, 0.15) is 23.4 Å². The highest BCUT2D eigenvalue weighted by Crippen LogP contribution is 2.26. The van der Waals surface area contributed by atoms with Crippen LogP contribution in [0, 0.1) is 24.5 Å². The first-order valence-electron chi connectivity index (χ1n) is 13.4. The maximum atomic E-state index is 14.0. The van der Waals surface area contributed by atoms with Crippen molar-refractivity contribution in [1.29, 1.82) is 0 Å². The summed E-state index contributed by atoms with van der Waals surface area (Å²) in [4.78, 5) is 41.2. The molecule has 3 aromatic rings. The summed E-state index contributed by atoms with van der Waals surface area (Å²) in [6.45, 7) is 3.37. The topological polar surface area (TPSA) is 119 Å². The number of phenols is 1. The van der Waals surface area contributed by atoms with Gasteiger partial charge in [0.25, 0.3) is 11.8 Å². The minimum absolute atomic E-state index is 0.0322. The van der Waals surface area contributed by atoms with Crippen molar-refractivity contribution in [2.45, 2.75) is 51.4 Å². The Labute approximate surface area is 237 Å². The summed E-state index contributed by atoms with van der Waals surface area (Å²) in [5, 5.41) is 26.7. The minimum Gasteiger partial charge on any atom is -0.508 e. The molecule has 0 aromatic heterocycles. The summed E-state index contributed by atoms with van der Waals surface area (Å²) >= 11 is 0. The average Bonchev–Trinajstić information content (AvgIpc) is 3.35. The quantitative estimate of drug-likeness (QED) is 0.318. The molecule has 41 heavy (non-hydrogen) atoms. The number of likely N-dealkylation sites (tertiary alicyclic amines) is 1. The van der Waals surface area contributed by atoms with Crippen LogP contribution in [-0.4, -0.2) is 57.6 Å². The Bertz CT molecular complexity index is 1420. The Hall–Kier alpha value is -4.31. The van der Waals surface area contributed by atoms with E-state index in [0.717, 1.165) is 23.8 Å². The molecule has 0 radical (unpaired) electrons. The van der Waals surface area contributed by atoms with Crippen molar-refractivity contribution in [3.05, 3.63) is 101 Å². The SMILES string of the molecule is Cc1c(O)cccc1C(=O)N[C@@H](Cc1ccccc1)C(O)C(=O)N1C[C@@H](C)C[C@H]1C(=O)NCc1cc(F)ccc1F. The Morgan fingerprint density at radius 1 is 1.05 bits per heavy atom. The van der Waals surface area contributed by atoms with E-state index in [4.69, 9.17) is 0 Å². The molecule has 0 bridgehead atoms. The van der Waals surface area contributed by atoms with E-state index < -0.39 is 47.5 Å². The normalized spacial score (nSPS) is 18.0. The zero-order chi connectivity index (χ0) is 29.7. The Morgan fingerprint density at radius 3 is 2.51 bits per heavy atom. The number of hydrogen-bond acceptors (Lipinski definition) is 5. The molecular formula is C31H33F2N3O5. The fourth-order valence-electron chi connectivity index (χ4n) is 5.08. The van der Waals surface area contributed by atoms with Gasteiger partial charge in [-0.3, -0.25) is 14.4 Å². The number of phenolic OH excluding ortho intramolecular Hbond substituents is 1. The number of amides is 3. The van der Waals surface area contributed by atoms with Gasteiger partial charge in [0.05, 0.1) is 6.04 Å². The second-order valence-corrected chi connectivity index (χ2v) is 10.5. The van der Waals surface area contributed by atoms with E-state index in [2.05, 4.69) is 10.6 Å².